The van der Waals surface area contributed by atoms with Crippen LogP contribution in [0.5, 0.6) is 0 Å². The van der Waals surface area contributed by atoms with Crippen molar-refractivity contribution in [2.75, 3.05) is 0 Å². The number of oxazole rings is 1. The van der Waals surface area contributed by atoms with Crippen molar-refractivity contribution in [3.63, 3.8) is 0 Å². The highest BCUT2D eigenvalue weighted by Crippen LogP contribution is 2.31. The molecule has 24 heavy (non-hydrogen) atoms. The van der Waals surface area contributed by atoms with Gasteiger partial charge in [0.15, 0.2) is 0 Å². The molecule has 0 amide bonds. The van der Waals surface area contributed by atoms with E-state index < -0.39 is 11.9 Å². The van der Waals surface area contributed by atoms with Gasteiger partial charge in [-0.15, -0.1) is 0 Å². The Balaban J connectivity index is 2.16. The van der Waals surface area contributed by atoms with Crippen molar-refractivity contribution in [3.05, 3.63) is 65.9 Å². The number of rotatable bonds is 5. The van der Waals surface area contributed by atoms with Crippen LogP contribution in [0.4, 0.5) is 0 Å². The lowest BCUT2D eigenvalue weighted by molar-refractivity contribution is -0.136. The summed E-state index contributed by atoms with van der Waals surface area (Å²) in [5.74, 6) is -1.89. The van der Waals surface area contributed by atoms with Gasteiger partial charge < -0.3 is 14.6 Å². The maximum Gasteiger partial charge on any atom is 0.336 e. The summed E-state index contributed by atoms with van der Waals surface area (Å²) in [6, 6.07) is 15.3. The van der Waals surface area contributed by atoms with Crippen LogP contribution >= 0.6 is 0 Å². The van der Waals surface area contributed by atoms with Crippen LogP contribution in [-0.2, 0) is 11.2 Å². The van der Waals surface area contributed by atoms with E-state index >= 15 is 0 Å². The SMILES string of the molecule is O=C(O)Cc1oc(-c2ccccc2C(=O)O)nc1-c1ccccc1. The zero-order chi connectivity index (χ0) is 17.1. The number of aromatic carboxylic acids is 1. The number of carboxylic acid groups (broad SMARTS) is 2. The first-order valence-electron chi connectivity index (χ1n) is 7.16. The maximum absolute atomic E-state index is 11.4. The van der Waals surface area contributed by atoms with Crippen molar-refractivity contribution in [2.45, 2.75) is 6.42 Å². The van der Waals surface area contributed by atoms with E-state index in [1.54, 1.807) is 42.5 Å². The standard InChI is InChI=1S/C18H13NO5/c20-15(21)10-14-16(11-6-2-1-3-7-11)19-17(24-14)12-8-4-5-9-13(12)18(22)23/h1-9H,10H2,(H,20,21)(H,22,23). The topological polar surface area (TPSA) is 101 Å². The summed E-state index contributed by atoms with van der Waals surface area (Å²) in [5.41, 5.74) is 1.45. The van der Waals surface area contributed by atoms with Crippen molar-refractivity contribution in [1.29, 1.82) is 0 Å². The fourth-order valence-corrected chi connectivity index (χ4v) is 2.40. The van der Waals surface area contributed by atoms with Gasteiger partial charge in [0, 0.05) is 5.56 Å². The fraction of sp³-hybridized carbons (Fsp3) is 0.0556. The van der Waals surface area contributed by atoms with E-state index in [1.807, 2.05) is 6.07 Å². The molecule has 0 saturated heterocycles. The molecule has 0 aliphatic carbocycles. The van der Waals surface area contributed by atoms with Gasteiger partial charge in [-0.3, -0.25) is 4.79 Å². The summed E-state index contributed by atoms with van der Waals surface area (Å²) in [4.78, 5) is 26.8. The van der Waals surface area contributed by atoms with Gasteiger partial charge in [-0.25, -0.2) is 9.78 Å². The van der Waals surface area contributed by atoms with Crippen LogP contribution in [0, 0.1) is 0 Å². The van der Waals surface area contributed by atoms with Crippen LogP contribution in [0.15, 0.2) is 59.0 Å². The predicted molar refractivity (Wildman–Crippen MR) is 85.7 cm³/mol. The molecule has 2 aromatic carbocycles. The minimum atomic E-state index is -1.11. The molecule has 0 atom stereocenters. The highest BCUT2D eigenvalue weighted by atomic mass is 16.4. The number of carbonyl (C=O) groups is 2. The van der Waals surface area contributed by atoms with E-state index in [9.17, 15) is 14.7 Å². The van der Waals surface area contributed by atoms with Gasteiger partial charge in [0.05, 0.1) is 11.1 Å². The van der Waals surface area contributed by atoms with Gasteiger partial charge >= 0.3 is 11.9 Å². The Morgan fingerprint density at radius 3 is 2.29 bits per heavy atom. The third-order valence-electron chi connectivity index (χ3n) is 3.44. The summed E-state index contributed by atoms with van der Waals surface area (Å²) in [7, 11) is 0. The molecular formula is C18H13NO5. The molecule has 2 N–H and O–H groups in total. The van der Waals surface area contributed by atoms with E-state index in [-0.39, 0.29) is 23.6 Å². The maximum atomic E-state index is 11.4. The second-order valence-corrected chi connectivity index (χ2v) is 5.08. The zero-order valence-electron chi connectivity index (χ0n) is 12.5. The van der Waals surface area contributed by atoms with E-state index in [1.165, 1.54) is 6.07 Å². The summed E-state index contributed by atoms with van der Waals surface area (Å²) < 4.78 is 5.60. The molecule has 6 nitrogen and oxygen atoms in total. The molecule has 0 unspecified atom stereocenters. The normalized spacial score (nSPS) is 10.5. The van der Waals surface area contributed by atoms with Gasteiger partial charge in [0.1, 0.15) is 17.9 Å². The molecule has 0 fully saturated rings. The van der Waals surface area contributed by atoms with Crippen molar-refractivity contribution < 1.29 is 24.2 Å². The monoisotopic (exact) mass is 323 g/mol. The summed E-state index contributed by atoms with van der Waals surface area (Å²) in [6.07, 6.45) is -0.341. The largest absolute Gasteiger partial charge is 0.481 e. The second kappa shape index (κ2) is 6.37. The van der Waals surface area contributed by atoms with Crippen molar-refractivity contribution in [2.24, 2.45) is 0 Å². The van der Waals surface area contributed by atoms with E-state index in [0.717, 1.165) is 0 Å². The number of hydrogen-bond acceptors (Lipinski definition) is 4. The summed E-state index contributed by atoms with van der Waals surface area (Å²) >= 11 is 0. The van der Waals surface area contributed by atoms with Crippen LogP contribution in [0.1, 0.15) is 16.1 Å². The van der Waals surface area contributed by atoms with Crippen LogP contribution in [0.2, 0.25) is 0 Å². The smallest absolute Gasteiger partial charge is 0.336 e. The van der Waals surface area contributed by atoms with Gasteiger partial charge in [-0.2, -0.15) is 0 Å². The molecule has 0 aliphatic rings. The molecule has 1 aromatic heterocycles. The average molecular weight is 323 g/mol. The number of carboxylic acids is 2. The molecule has 0 saturated carbocycles. The first-order valence-corrected chi connectivity index (χ1v) is 7.16. The molecule has 3 rings (SSSR count). The Bertz CT molecular complexity index is 899. The zero-order valence-corrected chi connectivity index (χ0v) is 12.5. The molecule has 6 heteroatoms. The predicted octanol–water partition coefficient (Wildman–Crippen LogP) is 3.33. The highest BCUT2D eigenvalue weighted by Gasteiger charge is 2.21. The number of hydrogen-bond donors (Lipinski definition) is 2. The lowest BCUT2D eigenvalue weighted by Crippen LogP contribution is -2.00. The lowest BCUT2D eigenvalue weighted by atomic mass is 10.1. The number of aromatic nitrogens is 1. The van der Waals surface area contributed by atoms with Crippen LogP contribution in [0.25, 0.3) is 22.7 Å². The highest BCUT2D eigenvalue weighted by molar-refractivity contribution is 5.95. The number of nitrogens with zero attached hydrogens (tertiary/aromatic N) is 1. The van der Waals surface area contributed by atoms with Gasteiger partial charge in [0.2, 0.25) is 5.89 Å². The summed E-state index contributed by atoms with van der Waals surface area (Å²) in [6.45, 7) is 0. The van der Waals surface area contributed by atoms with Gasteiger partial charge in [-0.05, 0) is 12.1 Å². The second-order valence-electron chi connectivity index (χ2n) is 5.08. The summed E-state index contributed by atoms with van der Waals surface area (Å²) in [5, 5.41) is 18.4. The molecule has 0 spiro atoms. The molecule has 0 aliphatic heterocycles. The van der Waals surface area contributed by atoms with Crippen LogP contribution in [-0.4, -0.2) is 27.1 Å². The third kappa shape index (κ3) is 3.03. The quantitative estimate of drug-likeness (QED) is 0.747. The Morgan fingerprint density at radius 2 is 1.62 bits per heavy atom. The first kappa shape index (κ1) is 15.5. The van der Waals surface area contributed by atoms with Crippen LogP contribution in [0.3, 0.4) is 0 Å². The number of aliphatic carboxylic acids is 1. The van der Waals surface area contributed by atoms with Crippen molar-refractivity contribution in [1.82, 2.24) is 4.98 Å². The lowest BCUT2D eigenvalue weighted by Gasteiger charge is -2.00. The van der Waals surface area contributed by atoms with Crippen LogP contribution < -0.4 is 0 Å². The Morgan fingerprint density at radius 1 is 0.958 bits per heavy atom. The molecular weight excluding hydrogens is 310 g/mol. The molecule has 1 heterocycles. The molecule has 0 bridgehead atoms. The Kier molecular flexibility index (Phi) is 4.11. The molecule has 3 aromatic rings. The first-order chi connectivity index (χ1) is 11.6. The molecule has 0 radical (unpaired) electrons. The van der Waals surface area contributed by atoms with E-state index in [2.05, 4.69) is 4.98 Å². The van der Waals surface area contributed by atoms with Crippen molar-refractivity contribution >= 4 is 11.9 Å². The third-order valence-corrected chi connectivity index (χ3v) is 3.44. The van der Waals surface area contributed by atoms with E-state index in [0.29, 0.717) is 16.8 Å². The minimum Gasteiger partial charge on any atom is -0.481 e. The van der Waals surface area contributed by atoms with E-state index in [4.69, 9.17) is 9.52 Å². The average Bonchev–Trinajstić information content (AvgIpc) is 2.98. The molecule has 120 valence electrons. The van der Waals surface area contributed by atoms with Crippen molar-refractivity contribution in [3.8, 4) is 22.7 Å². The Labute approximate surface area is 137 Å². The number of benzene rings is 2. The van der Waals surface area contributed by atoms with Gasteiger partial charge in [0.25, 0.3) is 0 Å². The van der Waals surface area contributed by atoms with Gasteiger partial charge in [-0.1, -0.05) is 42.5 Å². The Hall–Kier alpha value is -3.41. The minimum absolute atomic E-state index is 0.0419. The fourth-order valence-electron chi connectivity index (χ4n) is 2.40.